The molecule has 0 amide bonds. The van der Waals surface area contributed by atoms with Crippen molar-refractivity contribution in [2.45, 2.75) is 5.75 Å². The van der Waals surface area contributed by atoms with Crippen LogP contribution in [0.2, 0.25) is 0 Å². The summed E-state index contributed by atoms with van der Waals surface area (Å²) in [7, 11) is -4.50. The number of amidine groups is 1. The Hall–Kier alpha value is -1.50. The van der Waals surface area contributed by atoms with Gasteiger partial charge in [-0.15, -0.1) is 3.89 Å². The van der Waals surface area contributed by atoms with E-state index in [1.807, 2.05) is 0 Å². The van der Waals surface area contributed by atoms with Gasteiger partial charge in [-0.1, -0.05) is 24.3 Å². The lowest BCUT2D eigenvalue weighted by Gasteiger charge is -1.99. The first kappa shape index (κ1) is 13.5. The Morgan fingerprint density at radius 2 is 1.80 bits per heavy atom. The summed E-state index contributed by atoms with van der Waals surface area (Å²) in [5.41, 5.74) is 5.99. The minimum Gasteiger partial charge on any atom is -0.384 e. The van der Waals surface area contributed by atoms with E-state index in [0.29, 0.717) is 11.1 Å². The minimum atomic E-state index is -4.50. The van der Waals surface area contributed by atoms with Gasteiger partial charge in [0.1, 0.15) is 11.6 Å². The molecule has 0 bridgehead atoms. The molecule has 0 aromatic heterocycles. The molecule has 1 aromatic rings. The van der Waals surface area contributed by atoms with Crippen LogP contribution in [0.1, 0.15) is 11.1 Å². The van der Waals surface area contributed by atoms with Crippen LogP contribution in [0.5, 0.6) is 0 Å². The molecule has 0 atom stereocenters. The van der Waals surface area contributed by atoms with Crippen LogP contribution in [0.25, 0.3) is 0 Å². The highest BCUT2D eigenvalue weighted by atomic mass is 32.3. The quantitative estimate of drug-likeness (QED) is 0.465. The van der Waals surface area contributed by atoms with Gasteiger partial charge in [0, 0.05) is 5.56 Å². The molecule has 0 radical (unpaired) electrons. The maximum atomic E-state index is 12.2. The molecule has 1 rings (SSSR count). The zero-order valence-corrected chi connectivity index (χ0v) is 8.42. The summed E-state index contributed by atoms with van der Waals surface area (Å²) in [5.74, 6) is -0.759. The van der Waals surface area contributed by atoms with Gasteiger partial charge < -0.3 is 5.73 Å². The summed E-state index contributed by atoms with van der Waals surface area (Å²) >= 11 is 0. The standard InChI is InChI=1S/C8H9FN2O2S.FH/c9-14(12,13)5-6-1-3-7(4-2-6)8(10)11;/h1-4H,5H2,(H3,10,11);1H. The van der Waals surface area contributed by atoms with Gasteiger partial charge >= 0.3 is 10.2 Å². The number of hydrogen-bond donors (Lipinski definition) is 2. The van der Waals surface area contributed by atoms with E-state index in [2.05, 4.69) is 0 Å². The average Bonchev–Trinajstić information content (AvgIpc) is 2.02. The van der Waals surface area contributed by atoms with Gasteiger partial charge in [-0.25, -0.2) is 0 Å². The minimum absolute atomic E-state index is 0. The third-order valence-electron chi connectivity index (χ3n) is 1.60. The smallest absolute Gasteiger partial charge is 0.306 e. The molecule has 0 fully saturated rings. The summed E-state index contributed by atoms with van der Waals surface area (Å²) in [6, 6.07) is 5.80. The van der Waals surface area contributed by atoms with Crippen molar-refractivity contribution in [3.05, 3.63) is 35.4 Å². The molecule has 0 aliphatic heterocycles. The molecule has 0 saturated carbocycles. The number of halogens is 2. The van der Waals surface area contributed by atoms with Gasteiger partial charge in [-0.05, 0) is 5.56 Å². The molecule has 0 heterocycles. The number of nitrogens with one attached hydrogen (secondary N) is 1. The molecule has 0 spiro atoms. The van der Waals surface area contributed by atoms with Crippen LogP contribution >= 0.6 is 0 Å². The molecule has 84 valence electrons. The topological polar surface area (TPSA) is 84.0 Å². The van der Waals surface area contributed by atoms with E-state index in [4.69, 9.17) is 11.1 Å². The van der Waals surface area contributed by atoms with Crippen molar-refractivity contribution < 1.29 is 17.0 Å². The van der Waals surface area contributed by atoms with E-state index in [1.165, 1.54) is 24.3 Å². The van der Waals surface area contributed by atoms with E-state index in [-0.39, 0.29) is 10.5 Å². The van der Waals surface area contributed by atoms with E-state index < -0.39 is 16.0 Å². The highest BCUT2D eigenvalue weighted by Gasteiger charge is 2.08. The molecule has 15 heavy (non-hydrogen) atoms. The third kappa shape index (κ3) is 4.50. The predicted molar refractivity (Wildman–Crippen MR) is 53.7 cm³/mol. The zero-order chi connectivity index (χ0) is 10.8. The predicted octanol–water partition coefficient (Wildman–Crippen LogP) is 0.922. The van der Waals surface area contributed by atoms with E-state index in [0.717, 1.165) is 0 Å². The first-order valence-electron chi connectivity index (χ1n) is 3.74. The maximum Gasteiger partial charge on any atom is 0.306 e. The second-order valence-electron chi connectivity index (χ2n) is 2.79. The Morgan fingerprint density at radius 1 is 1.33 bits per heavy atom. The Balaban J connectivity index is 0.00000196. The van der Waals surface area contributed by atoms with Crippen LogP contribution in [0.3, 0.4) is 0 Å². The fourth-order valence-corrected chi connectivity index (χ4v) is 1.57. The van der Waals surface area contributed by atoms with Crippen molar-refractivity contribution in [3.8, 4) is 0 Å². The summed E-state index contributed by atoms with van der Waals surface area (Å²) < 4.78 is 32.8. The average molecular weight is 236 g/mol. The molecule has 0 unspecified atom stereocenters. The normalized spacial score (nSPS) is 10.5. The number of rotatable bonds is 3. The van der Waals surface area contributed by atoms with Gasteiger partial charge in [-0.3, -0.25) is 10.1 Å². The fraction of sp³-hybridized carbons (Fsp3) is 0.125. The number of nitrogen functional groups attached to an aromatic ring is 1. The fourth-order valence-electron chi connectivity index (χ4n) is 0.980. The van der Waals surface area contributed by atoms with Crippen molar-refractivity contribution >= 4 is 16.1 Å². The monoisotopic (exact) mass is 236 g/mol. The molecule has 1 aromatic carbocycles. The summed E-state index contributed by atoms with van der Waals surface area (Å²) in [4.78, 5) is 0. The highest BCUT2D eigenvalue weighted by molar-refractivity contribution is 7.85. The van der Waals surface area contributed by atoms with Crippen molar-refractivity contribution in [2.75, 3.05) is 0 Å². The van der Waals surface area contributed by atoms with Gasteiger partial charge in [0.25, 0.3) is 0 Å². The molecule has 0 saturated heterocycles. The Morgan fingerprint density at radius 3 is 2.13 bits per heavy atom. The summed E-state index contributed by atoms with van der Waals surface area (Å²) in [6.45, 7) is 0. The van der Waals surface area contributed by atoms with Crippen LogP contribution in [-0.2, 0) is 16.0 Å². The van der Waals surface area contributed by atoms with Gasteiger partial charge in [0.05, 0.1) is 0 Å². The number of nitrogens with two attached hydrogens (primary N) is 1. The Kier molecular flexibility index (Phi) is 4.35. The molecule has 3 N–H and O–H groups in total. The molecule has 7 heteroatoms. The largest absolute Gasteiger partial charge is 0.384 e. The zero-order valence-electron chi connectivity index (χ0n) is 7.60. The first-order valence-corrected chi connectivity index (χ1v) is 5.29. The second kappa shape index (κ2) is 4.83. The molecular formula is C8H10F2N2O2S. The van der Waals surface area contributed by atoms with E-state index >= 15 is 0 Å². The van der Waals surface area contributed by atoms with Gasteiger partial charge in [-0.2, -0.15) is 8.42 Å². The van der Waals surface area contributed by atoms with E-state index in [9.17, 15) is 12.3 Å². The van der Waals surface area contributed by atoms with Gasteiger partial charge in [0.15, 0.2) is 0 Å². The van der Waals surface area contributed by atoms with Crippen molar-refractivity contribution in [1.82, 2.24) is 0 Å². The Labute approximate surface area is 86.0 Å². The summed E-state index contributed by atoms with van der Waals surface area (Å²) in [5, 5.41) is 7.07. The lowest BCUT2D eigenvalue weighted by molar-refractivity contribution is 0.551. The summed E-state index contributed by atoms with van der Waals surface area (Å²) in [6.07, 6.45) is 0. The van der Waals surface area contributed by atoms with E-state index in [1.54, 1.807) is 0 Å². The molecule has 0 aliphatic carbocycles. The lowest BCUT2D eigenvalue weighted by atomic mass is 10.1. The van der Waals surface area contributed by atoms with Crippen LogP contribution < -0.4 is 5.73 Å². The number of hydrogen-bond acceptors (Lipinski definition) is 3. The maximum absolute atomic E-state index is 12.2. The SMILES string of the molecule is F.N=C(N)c1ccc(CS(=O)(=O)F)cc1. The second-order valence-corrected chi connectivity index (χ2v) is 4.16. The van der Waals surface area contributed by atoms with Crippen LogP contribution in [0.4, 0.5) is 8.59 Å². The lowest BCUT2D eigenvalue weighted by Crippen LogP contribution is -2.10. The molecule has 4 nitrogen and oxygen atoms in total. The van der Waals surface area contributed by atoms with Gasteiger partial charge in [0.2, 0.25) is 0 Å². The third-order valence-corrected chi connectivity index (χ3v) is 2.28. The first-order chi connectivity index (χ1) is 6.38. The molecule has 0 aliphatic rings. The van der Waals surface area contributed by atoms with Crippen LogP contribution in [-0.4, -0.2) is 14.3 Å². The molecular weight excluding hydrogens is 226 g/mol. The highest BCUT2D eigenvalue weighted by Crippen LogP contribution is 2.08. The Bertz CT molecular complexity index is 442. The number of benzene rings is 1. The van der Waals surface area contributed by atoms with Crippen LogP contribution in [0.15, 0.2) is 24.3 Å². The van der Waals surface area contributed by atoms with Crippen molar-refractivity contribution in [2.24, 2.45) is 5.73 Å². The van der Waals surface area contributed by atoms with Crippen molar-refractivity contribution in [3.63, 3.8) is 0 Å². The van der Waals surface area contributed by atoms with Crippen molar-refractivity contribution in [1.29, 1.82) is 5.41 Å². The van der Waals surface area contributed by atoms with Crippen LogP contribution in [0, 0.1) is 5.41 Å².